The average molecular weight is 308 g/mol. The van der Waals surface area contributed by atoms with E-state index in [9.17, 15) is 4.39 Å². The molecule has 1 aromatic heterocycles. The lowest BCUT2D eigenvalue weighted by Crippen LogP contribution is -2.02. The molecule has 0 saturated heterocycles. The average Bonchev–Trinajstić information content (AvgIpc) is 2.51. The number of nitrogens with zero attached hydrogens (tertiary/aromatic N) is 2. The highest BCUT2D eigenvalue weighted by Crippen LogP contribution is 2.19. The van der Waals surface area contributed by atoms with Gasteiger partial charge in [0.2, 0.25) is 5.95 Å². The fraction of sp³-hybridized carbons (Fsp3) is 0.111. The normalized spacial score (nSPS) is 10.4. The monoisotopic (exact) mass is 308 g/mol. The molecule has 3 rings (SSSR count). The van der Waals surface area contributed by atoms with Crippen molar-refractivity contribution in [3.8, 4) is 0 Å². The molecule has 0 aliphatic heterocycles. The lowest BCUT2D eigenvalue weighted by Gasteiger charge is -2.10. The summed E-state index contributed by atoms with van der Waals surface area (Å²) in [4.78, 5) is 8.79. The summed E-state index contributed by atoms with van der Waals surface area (Å²) in [6, 6.07) is 16.0. The van der Waals surface area contributed by atoms with Crippen molar-refractivity contribution in [1.29, 1.82) is 0 Å². The van der Waals surface area contributed by atoms with Crippen LogP contribution in [0.5, 0.6) is 0 Å². The van der Waals surface area contributed by atoms with Gasteiger partial charge >= 0.3 is 0 Å². The maximum absolute atomic E-state index is 13.0. The van der Waals surface area contributed by atoms with E-state index in [0.29, 0.717) is 11.8 Å². The number of hydrogen-bond donors (Lipinski definition) is 2. The van der Waals surface area contributed by atoms with E-state index in [1.807, 2.05) is 44.2 Å². The molecule has 0 bridgehead atoms. The number of aryl methyl sites for hydroxylation is 2. The predicted molar refractivity (Wildman–Crippen MR) is 90.9 cm³/mol. The molecule has 3 aromatic rings. The first-order chi connectivity index (χ1) is 11.1. The summed E-state index contributed by atoms with van der Waals surface area (Å²) in [5, 5.41) is 6.33. The van der Waals surface area contributed by atoms with Crippen LogP contribution in [0.25, 0.3) is 0 Å². The quantitative estimate of drug-likeness (QED) is 0.732. The van der Waals surface area contributed by atoms with Crippen molar-refractivity contribution < 1.29 is 4.39 Å². The van der Waals surface area contributed by atoms with Gasteiger partial charge in [0.05, 0.1) is 0 Å². The van der Waals surface area contributed by atoms with Crippen molar-refractivity contribution in [1.82, 2.24) is 9.97 Å². The van der Waals surface area contributed by atoms with Crippen molar-refractivity contribution >= 4 is 23.1 Å². The van der Waals surface area contributed by atoms with Gasteiger partial charge in [0.1, 0.15) is 11.6 Å². The number of anilines is 4. The number of hydrogen-bond acceptors (Lipinski definition) is 4. The highest BCUT2D eigenvalue weighted by atomic mass is 19.1. The van der Waals surface area contributed by atoms with Crippen LogP contribution in [0, 0.1) is 19.7 Å². The molecule has 0 radical (unpaired) electrons. The van der Waals surface area contributed by atoms with Crippen LogP contribution >= 0.6 is 0 Å². The van der Waals surface area contributed by atoms with E-state index in [-0.39, 0.29) is 5.82 Å². The standard InChI is InChI=1S/C18H17FN4/c1-12-3-7-15(8-4-12)21-17-11-13(2)20-18(23-17)22-16-9-5-14(19)6-10-16/h3-11H,1-2H3,(H2,20,21,22,23). The molecule has 0 fully saturated rings. The molecule has 0 atom stereocenters. The Morgan fingerprint density at radius 3 is 2.09 bits per heavy atom. The Bertz CT molecular complexity index is 733. The smallest absolute Gasteiger partial charge is 0.229 e. The molecule has 0 amide bonds. The first kappa shape index (κ1) is 15.0. The molecule has 0 unspecified atom stereocenters. The van der Waals surface area contributed by atoms with Crippen molar-refractivity contribution in [2.75, 3.05) is 10.6 Å². The molecular weight excluding hydrogens is 291 g/mol. The highest BCUT2D eigenvalue weighted by Gasteiger charge is 2.04. The van der Waals surface area contributed by atoms with E-state index >= 15 is 0 Å². The summed E-state index contributed by atoms with van der Waals surface area (Å²) >= 11 is 0. The zero-order chi connectivity index (χ0) is 16.2. The van der Waals surface area contributed by atoms with Crippen molar-refractivity contribution in [3.63, 3.8) is 0 Å². The number of benzene rings is 2. The summed E-state index contributed by atoms with van der Waals surface area (Å²) in [7, 11) is 0. The second kappa shape index (κ2) is 6.44. The van der Waals surface area contributed by atoms with Gasteiger partial charge in [0.25, 0.3) is 0 Å². The minimum Gasteiger partial charge on any atom is -0.340 e. The Balaban J connectivity index is 1.81. The Morgan fingerprint density at radius 1 is 0.783 bits per heavy atom. The second-order valence-corrected chi connectivity index (χ2v) is 5.34. The van der Waals surface area contributed by atoms with Gasteiger partial charge < -0.3 is 10.6 Å². The molecule has 23 heavy (non-hydrogen) atoms. The van der Waals surface area contributed by atoms with Gasteiger partial charge in [-0.2, -0.15) is 4.98 Å². The Hall–Kier alpha value is -2.95. The van der Waals surface area contributed by atoms with E-state index < -0.39 is 0 Å². The first-order valence-corrected chi connectivity index (χ1v) is 7.30. The van der Waals surface area contributed by atoms with Gasteiger partial charge in [0, 0.05) is 23.1 Å². The second-order valence-electron chi connectivity index (χ2n) is 5.34. The lowest BCUT2D eigenvalue weighted by molar-refractivity contribution is 0.628. The number of aromatic nitrogens is 2. The topological polar surface area (TPSA) is 49.8 Å². The summed E-state index contributed by atoms with van der Waals surface area (Å²) in [6.07, 6.45) is 0. The van der Waals surface area contributed by atoms with Crippen LogP contribution in [-0.2, 0) is 0 Å². The van der Waals surface area contributed by atoms with Gasteiger partial charge in [-0.15, -0.1) is 0 Å². The molecule has 2 N–H and O–H groups in total. The molecule has 0 spiro atoms. The molecule has 0 aliphatic carbocycles. The SMILES string of the molecule is Cc1ccc(Nc2cc(C)nc(Nc3ccc(F)cc3)n2)cc1. The zero-order valence-corrected chi connectivity index (χ0v) is 13.0. The van der Waals surface area contributed by atoms with Crippen LogP contribution in [0.1, 0.15) is 11.3 Å². The fourth-order valence-electron chi connectivity index (χ4n) is 2.14. The summed E-state index contributed by atoms with van der Waals surface area (Å²) in [5.74, 6) is 0.889. The van der Waals surface area contributed by atoms with E-state index in [1.54, 1.807) is 12.1 Å². The van der Waals surface area contributed by atoms with E-state index in [2.05, 4.69) is 20.6 Å². The molecule has 0 saturated carbocycles. The van der Waals surface area contributed by atoms with E-state index in [1.165, 1.54) is 17.7 Å². The first-order valence-electron chi connectivity index (χ1n) is 7.30. The maximum Gasteiger partial charge on any atom is 0.229 e. The number of halogens is 1. The van der Waals surface area contributed by atoms with Crippen molar-refractivity contribution in [2.45, 2.75) is 13.8 Å². The molecule has 2 aromatic carbocycles. The lowest BCUT2D eigenvalue weighted by atomic mass is 10.2. The van der Waals surface area contributed by atoms with E-state index in [4.69, 9.17) is 0 Å². The van der Waals surface area contributed by atoms with Crippen LogP contribution in [-0.4, -0.2) is 9.97 Å². The van der Waals surface area contributed by atoms with Crippen molar-refractivity contribution in [3.05, 3.63) is 71.7 Å². The summed E-state index contributed by atoms with van der Waals surface area (Å²) in [5.41, 5.74) is 3.73. The van der Waals surface area contributed by atoms with Crippen LogP contribution < -0.4 is 10.6 Å². The Kier molecular flexibility index (Phi) is 4.19. The largest absolute Gasteiger partial charge is 0.340 e. The molecular formula is C18H17FN4. The van der Waals surface area contributed by atoms with Crippen molar-refractivity contribution in [2.24, 2.45) is 0 Å². The third-order valence-corrected chi connectivity index (χ3v) is 3.28. The van der Waals surface area contributed by atoms with Gasteiger partial charge in [-0.1, -0.05) is 17.7 Å². The molecule has 0 aliphatic rings. The third-order valence-electron chi connectivity index (χ3n) is 3.28. The minimum atomic E-state index is -0.276. The number of nitrogens with one attached hydrogen (secondary N) is 2. The minimum absolute atomic E-state index is 0.276. The van der Waals surface area contributed by atoms with Crippen LogP contribution in [0.3, 0.4) is 0 Å². The molecule has 5 heteroatoms. The summed E-state index contributed by atoms with van der Waals surface area (Å²) < 4.78 is 13.0. The maximum atomic E-state index is 13.0. The van der Waals surface area contributed by atoms with Crippen LogP contribution in [0.4, 0.5) is 27.5 Å². The van der Waals surface area contributed by atoms with Gasteiger partial charge in [0.15, 0.2) is 0 Å². The van der Waals surface area contributed by atoms with Crippen LogP contribution in [0.15, 0.2) is 54.6 Å². The Labute approximate surface area is 134 Å². The predicted octanol–water partition coefficient (Wildman–Crippen LogP) is 4.72. The Morgan fingerprint density at radius 2 is 1.39 bits per heavy atom. The van der Waals surface area contributed by atoms with Crippen LogP contribution in [0.2, 0.25) is 0 Å². The highest BCUT2D eigenvalue weighted by molar-refractivity contribution is 5.60. The summed E-state index contributed by atoms with van der Waals surface area (Å²) in [6.45, 7) is 3.95. The van der Waals surface area contributed by atoms with Gasteiger partial charge in [-0.05, 0) is 50.2 Å². The van der Waals surface area contributed by atoms with Gasteiger partial charge in [-0.25, -0.2) is 9.37 Å². The molecule has 4 nitrogen and oxygen atoms in total. The third kappa shape index (κ3) is 4.03. The zero-order valence-electron chi connectivity index (χ0n) is 13.0. The number of rotatable bonds is 4. The van der Waals surface area contributed by atoms with Gasteiger partial charge in [-0.3, -0.25) is 0 Å². The van der Waals surface area contributed by atoms with E-state index in [0.717, 1.165) is 17.1 Å². The molecule has 1 heterocycles. The fourth-order valence-corrected chi connectivity index (χ4v) is 2.14. The molecule has 116 valence electrons.